The number of aryl methyl sites for hydroxylation is 2. The van der Waals surface area contributed by atoms with Gasteiger partial charge < -0.3 is 4.74 Å². The van der Waals surface area contributed by atoms with E-state index in [-0.39, 0.29) is 5.38 Å². The Morgan fingerprint density at radius 3 is 3.00 bits per heavy atom. The zero-order valence-corrected chi connectivity index (χ0v) is 11.7. The summed E-state index contributed by atoms with van der Waals surface area (Å²) in [5.74, 6) is 0.483. The van der Waals surface area contributed by atoms with Crippen LogP contribution in [0, 0.1) is 5.92 Å². The summed E-state index contributed by atoms with van der Waals surface area (Å²) in [4.78, 5) is 0. The predicted molar refractivity (Wildman–Crippen MR) is 75.2 cm³/mol. The Bertz CT molecular complexity index is 429. The first-order valence-electron chi connectivity index (χ1n) is 7.17. The molecule has 18 heavy (non-hydrogen) atoms. The van der Waals surface area contributed by atoms with Crippen molar-refractivity contribution >= 4 is 11.6 Å². The van der Waals surface area contributed by atoms with Gasteiger partial charge in [-0.1, -0.05) is 25.1 Å². The third kappa shape index (κ3) is 2.19. The molecule has 1 aliphatic carbocycles. The van der Waals surface area contributed by atoms with Crippen LogP contribution in [0.5, 0.6) is 0 Å². The molecule has 1 aromatic carbocycles. The molecule has 1 aromatic rings. The minimum Gasteiger partial charge on any atom is -0.378 e. The van der Waals surface area contributed by atoms with Crippen molar-refractivity contribution < 1.29 is 4.74 Å². The maximum Gasteiger partial charge on any atom is 0.0639 e. The molecule has 3 unspecified atom stereocenters. The number of hydrogen-bond acceptors (Lipinski definition) is 1. The lowest BCUT2D eigenvalue weighted by molar-refractivity contribution is 0.0864. The molecule has 0 bridgehead atoms. The number of benzene rings is 1. The number of ether oxygens (including phenoxy) is 1. The molecular weight excluding hydrogens is 244 g/mol. The average molecular weight is 265 g/mol. The molecule has 0 radical (unpaired) electrons. The molecule has 1 fully saturated rings. The van der Waals surface area contributed by atoms with Gasteiger partial charge in [0.15, 0.2) is 0 Å². The van der Waals surface area contributed by atoms with E-state index in [1.807, 2.05) is 0 Å². The summed E-state index contributed by atoms with van der Waals surface area (Å²) in [6.07, 6.45) is 6.29. The number of hydrogen-bond donors (Lipinski definition) is 0. The van der Waals surface area contributed by atoms with Crippen LogP contribution < -0.4 is 0 Å². The third-order valence-electron chi connectivity index (χ3n) is 4.48. The van der Waals surface area contributed by atoms with E-state index in [0.717, 1.165) is 19.4 Å². The summed E-state index contributed by atoms with van der Waals surface area (Å²) in [6.45, 7) is 3.06. The van der Waals surface area contributed by atoms with Crippen molar-refractivity contribution in [2.45, 2.75) is 50.5 Å². The summed E-state index contributed by atoms with van der Waals surface area (Å²) in [6, 6.07) is 6.85. The van der Waals surface area contributed by atoms with Gasteiger partial charge in [0.2, 0.25) is 0 Å². The highest BCUT2D eigenvalue weighted by atomic mass is 35.5. The topological polar surface area (TPSA) is 9.23 Å². The fraction of sp³-hybridized carbons (Fsp3) is 0.625. The van der Waals surface area contributed by atoms with Crippen molar-refractivity contribution in [2.75, 3.05) is 6.61 Å². The lowest BCUT2D eigenvalue weighted by Gasteiger charge is -2.23. The van der Waals surface area contributed by atoms with Crippen molar-refractivity contribution in [3.8, 4) is 0 Å². The van der Waals surface area contributed by atoms with Crippen LogP contribution >= 0.6 is 11.6 Å². The lowest BCUT2D eigenvalue weighted by atomic mass is 9.90. The number of alkyl halides is 1. The van der Waals surface area contributed by atoms with E-state index in [0.29, 0.717) is 12.0 Å². The van der Waals surface area contributed by atoms with Crippen LogP contribution in [0.3, 0.4) is 0 Å². The third-order valence-corrected chi connectivity index (χ3v) is 5.06. The maximum atomic E-state index is 6.71. The van der Waals surface area contributed by atoms with Gasteiger partial charge >= 0.3 is 0 Å². The first-order valence-corrected chi connectivity index (χ1v) is 7.60. The molecule has 98 valence electrons. The minimum absolute atomic E-state index is 0.114. The van der Waals surface area contributed by atoms with Gasteiger partial charge in [-0.05, 0) is 48.8 Å². The monoisotopic (exact) mass is 264 g/mol. The first kappa shape index (κ1) is 12.5. The molecule has 1 heterocycles. The molecule has 1 aliphatic heterocycles. The normalized spacial score (nSPS) is 28.3. The van der Waals surface area contributed by atoms with Gasteiger partial charge in [-0.15, -0.1) is 11.6 Å². The second-order valence-electron chi connectivity index (χ2n) is 5.55. The molecule has 0 N–H and O–H groups in total. The van der Waals surface area contributed by atoms with Crippen LogP contribution in [0.25, 0.3) is 0 Å². The van der Waals surface area contributed by atoms with Gasteiger partial charge in [0.05, 0.1) is 11.5 Å². The molecule has 3 atom stereocenters. The Labute approximate surface area is 114 Å². The average Bonchev–Trinajstić information content (AvgIpc) is 3.05. The summed E-state index contributed by atoms with van der Waals surface area (Å²) in [5, 5.41) is 0.114. The van der Waals surface area contributed by atoms with E-state index in [9.17, 15) is 0 Å². The van der Waals surface area contributed by atoms with Crippen LogP contribution in [0.15, 0.2) is 18.2 Å². The number of halogens is 1. The fourth-order valence-electron chi connectivity index (χ4n) is 3.43. The van der Waals surface area contributed by atoms with Crippen molar-refractivity contribution in [2.24, 2.45) is 5.92 Å². The Balaban J connectivity index is 1.81. The summed E-state index contributed by atoms with van der Waals surface area (Å²) in [5.41, 5.74) is 4.34. The van der Waals surface area contributed by atoms with E-state index >= 15 is 0 Å². The predicted octanol–water partition coefficient (Wildman–Crippen LogP) is 4.27. The SMILES string of the molecule is CCC1OCCC1C(Cl)c1ccc2c(c1)CCC2. The molecule has 1 saturated heterocycles. The molecule has 0 spiro atoms. The highest BCUT2D eigenvalue weighted by molar-refractivity contribution is 6.21. The van der Waals surface area contributed by atoms with Gasteiger partial charge in [0.1, 0.15) is 0 Å². The smallest absolute Gasteiger partial charge is 0.0639 e. The molecule has 0 saturated carbocycles. The number of rotatable bonds is 3. The van der Waals surface area contributed by atoms with E-state index in [2.05, 4.69) is 25.1 Å². The number of fused-ring (bicyclic) bond motifs is 1. The van der Waals surface area contributed by atoms with Crippen LogP contribution in [0.4, 0.5) is 0 Å². The first-order chi connectivity index (χ1) is 8.79. The Morgan fingerprint density at radius 1 is 1.33 bits per heavy atom. The van der Waals surface area contributed by atoms with Gasteiger partial charge in [-0.2, -0.15) is 0 Å². The summed E-state index contributed by atoms with van der Waals surface area (Å²) < 4.78 is 5.77. The van der Waals surface area contributed by atoms with Crippen molar-refractivity contribution in [3.05, 3.63) is 34.9 Å². The summed E-state index contributed by atoms with van der Waals surface area (Å²) in [7, 11) is 0. The molecule has 1 nitrogen and oxygen atoms in total. The Morgan fingerprint density at radius 2 is 2.17 bits per heavy atom. The zero-order chi connectivity index (χ0) is 12.5. The lowest BCUT2D eigenvalue weighted by Crippen LogP contribution is -2.19. The van der Waals surface area contributed by atoms with Crippen molar-refractivity contribution in [1.29, 1.82) is 0 Å². The molecule has 2 heteroatoms. The van der Waals surface area contributed by atoms with E-state index in [1.54, 1.807) is 0 Å². The van der Waals surface area contributed by atoms with Gasteiger partial charge in [-0.25, -0.2) is 0 Å². The largest absolute Gasteiger partial charge is 0.378 e. The van der Waals surface area contributed by atoms with Gasteiger partial charge in [0.25, 0.3) is 0 Å². The van der Waals surface area contributed by atoms with E-state index in [1.165, 1.54) is 36.0 Å². The van der Waals surface area contributed by atoms with Gasteiger partial charge in [-0.3, -0.25) is 0 Å². The van der Waals surface area contributed by atoms with E-state index in [4.69, 9.17) is 16.3 Å². The minimum atomic E-state index is 0.114. The second kappa shape index (κ2) is 5.22. The quantitative estimate of drug-likeness (QED) is 0.741. The van der Waals surface area contributed by atoms with E-state index < -0.39 is 0 Å². The Hall–Kier alpha value is -0.530. The fourth-order valence-corrected chi connectivity index (χ4v) is 3.85. The molecule has 0 amide bonds. The molecule has 2 aliphatic rings. The van der Waals surface area contributed by atoms with Gasteiger partial charge in [0, 0.05) is 12.5 Å². The molecular formula is C16H21ClO. The highest BCUT2D eigenvalue weighted by Gasteiger charge is 2.33. The summed E-state index contributed by atoms with van der Waals surface area (Å²) >= 11 is 6.71. The van der Waals surface area contributed by atoms with Crippen LogP contribution in [0.1, 0.15) is 48.3 Å². The van der Waals surface area contributed by atoms with Crippen molar-refractivity contribution in [3.63, 3.8) is 0 Å². The molecule has 3 rings (SSSR count). The molecule has 0 aromatic heterocycles. The highest BCUT2D eigenvalue weighted by Crippen LogP contribution is 2.40. The van der Waals surface area contributed by atoms with Crippen LogP contribution in [0.2, 0.25) is 0 Å². The standard InChI is InChI=1S/C16H21ClO/c1-2-15-14(8-9-18-15)16(17)13-7-6-11-4-3-5-12(11)10-13/h6-7,10,14-16H,2-5,8-9H2,1H3. The Kier molecular flexibility index (Phi) is 3.63. The second-order valence-corrected chi connectivity index (χ2v) is 6.02. The zero-order valence-electron chi connectivity index (χ0n) is 11.0. The maximum absolute atomic E-state index is 6.71. The van der Waals surface area contributed by atoms with Crippen LogP contribution in [-0.4, -0.2) is 12.7 Å². The van der Waals surface area contributed by atoms with Crippen LogP contribution in [-0.2, 0) is 17.6 Å². The van der Waals surface area contributed by atoms with Crippen molar-refractivity contribution in [1.82, 2.24) is 0 Å².